The first-order valence-electron chi connectivity index (χ1n) is 5.73. The van der Waals surface area contributed by atoms with Gasteiger partial charge in [0.2, 0.25) is 0 Å². The summed E-state index contributed by atoms with van der Waals surface area (Å²) in [6, 6.07) is 4.76. The van der Waals surface area contributed by atoms with Gasteiger partial charge in [-0.1, -0.05) is 6.92 Å². The molecule has 0 unspecified atom stereocenters. The van der Waals surface area contributed by atoms with Crippen LogP contribution in [-0.2, 0) is 0 Å². The summed E-state index contributed by atoms with van der Waals surface area (Å²) in [4.78, 5) is 0. The predicted molar refractivity (Wildman–Crippen MR) is 67.2 cm³/mol. The number of hydrogen-bond acceptors (Lipinski definition) is 4. The third-order valence-electron chi connectivity index (χ3n) is 2.18. The van der Waals surface area contributed by atoms with E-state index in [4.69, 9.17) is 15.6 Å². The van der Waals surface area contributed by atoms with Crippen LogP contribution in [0.3, 0.4) is 0 Å². The van der Waals surface area contributed by atoms with Gasteiger partial charge in [0.25, 0.3) is 5.92 Å². The zero-order valence-electron chi connectivity index (χ0n) is 10.2. The zero-order valence-corrected chi connectivity index (χ0v) is 10.2. The Balaban J connectivity index is 2.68. The highest BCUT2D eigenvalue weighted by molar-refractivity contribution is 5.59. The number of rotatable bonds is 7. The minimum atomic E-state index is -3.16. The van der Waals surface area contributed by atoms with Crippen LogP contribution in [0.25, 0.3) is 0 Å². The first-order valence-corrected chi connectivity index (χ1v) is 5.73. The minimum absolute atomic E-state index is 0.429. The number of nitrogens with one attached hydrogen (secondary N) is 1. The molecule has 1 aromatic carbocycles. The van der Waals surface area contributed by atoms with Crippen LogP contribution in [0.2, 0.25) is 0 Å². The molecule has 0 atom stereocenters. The summed E-state index contributed by atoms with van der Waals surface area (Å²) in [5.74, 6) is -2.62. The summed E-state index contributed by atoms with van der Waals surface area (Å²) >= 11 is 0. The maximum absolute atomic E-state index is 12.9. The van der Waals surface area contributed by atoms with Gasteiger partial charge in [-0.2, -0.15) is 0 Å². The fourth-order valence-corrected chi connectivity index (χ4v) is 1.31. The van der Waals surface area contributed by atoms with E-state index in [1.54, 1.807) is 12.1 Å². The molecule has 0 saturated heterocycles. The van der Waals surface area contributed by atoms with E-state index in [1.807, 2.05) is 6.92 Å². The molecule has 0 fully saturated rings. The van der Waals surface area contributed by atoms with Gasteiger partial charge in [-0.15, -0.1) is 0 Å². The van der Waals surface area contributed by atoms with Crippen LogP contribution in [0.1, 0.15) is 13.3 Å². The number of ether oxygens (including phenoxy) is 1. The Morgan fingerprint density at radius 1 is 1.39 bits per heavy atom. The van der Waals surface area contributed by atoms with E-state index in [0.29, 0.717) is 23.7 Å². The average molecular weight is 260 g/mol. The highest BCUT2D eigenvalue weighted by Crippen LogP contribution is 2.24. The van der Waals surface area contributed by atoms with Gasteiger partial charge < -0.3 is 20.9 Å². The van der Waals surface area contributed by atoms with Crippen molar-refractivity contribution >= 4 is 11.4 Å². The van der Waals surface area contributed by atoms with Crippen molar-refractivity contribution in [2.75, 3.05) is 30.8 Å². The molecule has 6 heteroatoms. The monoisotopic (exact) mass is 260 g/mol. The van der Waals surface area contributed by atoms with Crippen molar-refractivity contribution in [3.05, 3.63) is 18.2 Å². The topological polar surface area (TPSA) is 67.5 Å². The molecule has 0 amide bonds. The van der Waals surface area contributed by atoms with Gasteiger partial charge >= 0.3 is 0 Å². The Kier molecular flexibility index (Phi) is 5.15. The van der Waals surface area contributed by atoms with Crippen molar-refractivity contribution < 1.29 is 18.6 Å². The lowest BCUT2D eigenvalue weighted by atomic mass is 10.2. The fourth-order valence-electron chi connectivity index (χ4n) is 1.31. The largest absolute Gasteiger partial charge is 0.493 e. The van der Waals surface area contributed by atoms with Gasteiger partial charge in [-0.25, -0.2) is 8.78 Å². The van der Waals surface area contributed by atoms with Crippen LogP contribution in [0.5, 0.6) is 5.75 Å². The lowest BCUT2D eigenvalue weighted by molar-refractivity contribution is -0.0372. The highest BCUT2D eigenvalue weighted by Gasteiger charge is 2.27. The van der Waals surface area contributed by atoms with E-state index in [2.05, 4.69) is 5.32 Å². The van der Waals surface area contributed by atoms with Crippen molar-refractivity contribution in [1.82, 2.24) is 0 Å². The molecule has 0 aromatic heterocycles. The normalized spacial score (nSPS) is 11.3. The molecule has 1 rings (SSSR count). The minimum Gasteiger partial charge on any atom is -0.493 e. The molecule has 0 spiro atoms. The van der Waals surface area contributed by atoms with Crippen LogP contribution >= 0.6 is 0 Å². The second-order valence-corrected chi connectivity index (χ2v) is 4.01. The van der Waals surface area contributed by atoms with Crippen molar-refractivity contribution in [2.24, 2.45) is 0 Å². The number of alkyl halides is 2. The van der Waals surface area contributed by atoms with Crippen molar-refractivity contribution in [3.63, 3.8) is 0 Å². The molecule has 18 heavy (non-hydrogen) atoms. The van der Waals surface area contributed by atoms with E-state index in [0.717, 1.165) is 6.42 Å². The number of benzene rings is 1. The summed E-state index contributed by atoms with van der Waals surface area (Å²) < 4.78 is 31.1. The molecule has 102 valence electrons. The molecule has 0 saturated carbocycles. The van der Waals surface area contributed by atoms with E-state index in [1.165, 1.54) is 6.07 Å². The Hall–Kier alpha value is -1.56. The molecular formula is C12H18F2N2O2. The van der Waals surface area contributed by atoms with Gasteiger partial charge in [0.1, 0.15) is 12.4 Å². The number of nitrogens with two attached hydrogens (primary N) is 1. The standard InChI is InChI=1S/C12H18F2N2O2/c1-2-3-18-11-5-9(15)4-10(6-11)16-7-12(13,14)8-17/h4-6,16-17H,2-3,7-8,15H2,1H3. The van der Waals surface area contributed by atoms with Crippen LogP contribution in [0.15, 0.2) is 18.2 Å². The number of hydrogen-bond donors (Lipinski definition) is 3. The quantitative estimate of drug-likeness (QED) is 0.657. The highest BCUT2D eigenvalue weighted by atomic mass is 19.3. The summed E-state index contributed by atoms with van der Waals surface area (Å²) in [5.41, 5.74) is 6.51. The summed E-state index contributed by atoms with van der Waals surface area (Å²) in [5, 5.41) is 11.0. The summed E-state index contributed by atoms with van der Waals surface area (Å²) in [6.07, 6.45) is 0.847. The van der Waals surface area contributed by atoms with E-state index in [-0.39, 0.29) is 0 Å². The number of anilines is 2. The first kappa shape index (κ1) is 14.5. The zero-order chi connectivity index (χ0) is 13.6. The van der Waals surface area contributed by atoms with Crippen molar-refractivity contribution in [1.29, 1.82) is 0 Å². The van der Waals surface area contributed by atoms with Crippen LogP contribution < -0.4 is 15.8 Å². The molecule has 0 aliphatic rings. The van der Waals surface area contributed by atoms with Gasteiger partial charge in [-0.3, -0.25) is 0 Å². The van der Waals surface area contributed by atoms with E-state index < -0.39 is 19.1 Å². The number of nitrogen functional groups attached to an aromatic ring is 1. The Morgan fingerprint density at radius 2 is 2.11 bits per heavy atom. The first-order chi connectivity index (χ1) is 8.46. The Bertz CT molecular complexity index is 386. The molecule has 0 bridgehead atoms. The summed E-state index contributed by atoms with van der Waals surface area (Å²) in [6.45, 7) is 0.657. The maximum Gasteiger partial charge on any atom is 0.287 e. The van der Waals surface area contributed by atoms with Gasteiger partial charge in [0.05, 0.1) is 13.2 Å². The Labute approximate surface area is 105 Å². The van der Waals surface area contributed by atoms with E-state index >= 15 is 0 Å². The lowest BCUT2D eigenvalue weighted by Crippen LogP contribution is -2.31. The predicted octanol–water partition coefficient (Wildman–Crippen LogP) is 2.10. The van der Waals surface area contributed by atoms with Gasteiger partial charge in [0.15, 0.2) is 0 Å². The summed E-state index contributed by atoms with van der Waals surface area (Å²) in [7, 11) is 0. The molecule has 4 nitrogen and oxygen atoms in total. The van der Waals surface area contributed by atoms with Crippen molar-refractivity contribution in [2.45, 2.75) is 19.3 Å². The third kappa shape index (κ3) is 4.75. The number of aliphatic hydroxyl groups is 1. The molecule has 0 radical (unpaired) electrons. The van der Waals surface area contributed by atoms with Crippen LogP contribution in [-0.4, -0.2) is 30.8 Å². The second kappa shape index (κ2) is 6.39. The van der Waals surface area contributed by atoms with Gasteiger partial charge in [0, 0.05) is 23.5 Å². The molecule has 0 aliphatic carbocycles. The molecule has 1 aromatic rings. The average Bonchev–Trinajstić information content (AvgIpc) is 2.33. The van der Waals surface area contributed by atoms with Crippen LogP contribution in [0.4, 0.5) is 20.2 Å². The SMILES string of the molecule is CCCOc1cc(N)cc(NCC(F)(F)CO)c1. The number of halogens is 2. The molecule has 0 heterocycles. The molecular weight excluding hydrogens is 242 g/mol. The van der Waals surface area contributed by atoms with E-state index in [9.17, 15) is 8.78 Å². The second-order valence-electron chi connectivity index (χ2n) is 4.01. The molecule has 0 aliphatic heterocycles. The van der Waals surface area contributed by atoms with Crippen LogP contribution in [0, 0.1) is 0 Å². The Morgan fingerprint density at radius 3 is 2.72 bits per heavy atom. The smallest absolute Gasteiger partial charge is 0.287 e. The van der Waals surface area contributed by atoms with Gasteiger partial charge in [-0.05, 0) is 12.5 Å². The maximum atomic E-state index is 12.9. The number of aliphatic hydroxyl groups excluding tert-OH is 1. The lowest BCUT2D eigenvalue weighted by Gasteiger charge is -2.16. The van der Waals surface area contributed by atoms with Crippen molar-refractivity contribution in [3.8, 4) is 5.75 Å². The fraction of sp³-hybridized carbons (Fsp3) is 0.500. The third-order valence-corrected chi connectivity index (χ3v) is 2.18. The molecule has 4 N–H and O–H groups in total.